The Morgan fingerprint density at radius 3 is 2.56 bits per heavy atom. The smallest absolute Gasteiger partial charge is 0.435 e. The minimum atomic E-state index is -4.62. The normalized spacial score (nSPS) is 13.8. The van der Waals surface area contributed by atoms with Crippen LogP contribution in [0.4, 0.5) is 18.0 Å². The van der Waals surface area contributed by atoms with Crippen LogP contribution in [0, 0.1) is 0 Å². The first-order valence-electron chi connectivity index (χ1n) is 10.8. The molecule has 1 aromatic heterocycles. The Labute approximate surface area is 203 Å². The molecular formula is C24H22F3N5O4. The van der Waals surface area contributed by atoms with Gasteiger partial charge in [-0.25, -0.2) is 4.79 Å². The minimum absolute atomic E-state index is 0.0577. The molecule has 0 unspecified atom stereocenters. The Morgan fingerprint density at radius 2 is 1.92 bits per heavy atom. The van der Waals surface area contributed by atoms with Gasteiger partial charge < -0.3 is 15.0 Å². The van der Waals surface area contributed by atoms with E-state index >= 15 is 0 Å². The number of nitrogens with one attached hydrogen (secondary N) is 2. The highest BCUT2D eigenvalue weighted by molar-refractivity contribution is 5.98. The lowest BCUT2D eigenvalue weighted by molar-refractivity contribution is -0.141. The van der Waals surface area contributed by atoms with Crippen LogP contribution >= 0.6 is 0 Å². The number of benzene rings is 2. The van der Waals surface area contributed by atoms with Crippen LogP contribution in [-0.4, -0.2) is 46.7 Å². The van der Waals surface area contributed by atoms with E-state index in [1.54, 1.807) is 30.3 Å². The number of hydrogen-bond acceptors (Lipinski definition) is 5. The molecule has 1 aliphatic rings. The van der Waals surface area contributed by atoms with Gasteiger partial charge in [0, 0.05) is 37.5 Å². The maximum absolute atomic E-state index is 13.4. The largest absolute Gasteiger partial charge is 0.497 e. The molecule has 9 nitrogen and oxygen atoms in total. The summed E-state index contributed by atoms with van der Waals surface area (Å²) in [6.45, 7) is 0.358. The molecule has 0 saturated carbocycles. The lowest BCUT2D eigenvalue weighted by Crippen LogP contribution is -2.42. The average Bonchev–Trinajstić information content (AvgIpc) is 3.38. The van der Waals surface area contributed by atoms with Gasteiger partial charge in [0.05, 0.1) is 13.2 Å². The number of aryl methyl sites for hydroxylation is 1. The second-order valence-corrected chi connectivity index (χ2v) is 8.18. The van der Waals surface area contributed by atoms with Crippen LogP contribution in [0.15, 0.2) is 48.7 Å². The number of ether oxygens (including phenoxy) is 1. The summed E-state index contributed by atoms with van der Waals surface area (Å²) in [5, 5.41) is 8.15. The number of urea groups is 1. The number of alkyl halides is 3. The lowest BCUT2D eigenvalue weighted by atomic mass is 10.0. The Bertz CT molecular complexity index is 1300. The fraction of sp³-hybridized carbons (Fsp3) is 0.250. The maximum Gasteiger partial charge on any atom is 0.435 e. The van der Waals surface area contributed by atoms with Crippen LogP contribution in [0.3, 0.4) is 0 Å². The van der Waals surface area contributed by atoms with Crippen molar-refractivity contribution in [3.8, 4) is 16.9 Å². The number of hydrogen-bond donors (Lipinski definition) is 2. The van der Waals surface area contributed by atoms with Crippen LogP contribution in [0.25, 0.3) is 11.1 Å². The van der Waals surface area contributed by atoms with Crippen molar-refractivity contribution in [2.45, 2.75) is 18.8 Å². The summed E-state index contributed by atoms with van der Waals surface area (Å²) in [6.07, 6.45) is -3.13. The predicted molar refractivity (Wildman–Crippen MR) is 122 cm³/mol. The van der Waals surface area contributed by atoms with Gasteiger partial charge in [-0.15, -0.1) is 0 Å². The van der Waals surface area contributed by atoms with E-state index in [4.69, 9.17) is 4.74 Å². The van der Waals surface area contributed by atoms with Gasteiger partial charge in [0.2, 0.25) is 6.41 Å². The van der Waals surface area contributed by atoms with Crippen LogP contribution in [0.5, 0.6) is 5.75 Å². The molecule has 4 amide bonds. The Morgan fingerprint density at radius 1 is 1.19 bits per heavy atom. The molecule has 3 aromatic rings. The van der Waals surface area contributed by atoms with E-state index in [9.17, 15) is 27.6 Å². The molecule has 2 N–H and O–H groups in total. The summed E-state index contributed by atoms with van der Waals surface area (Å²) in [4.78, 5) is 37.3. The van der Waals surface area contributed by atoms with E-state index in [2.05, 4.69) is 10.4 Å². The first-order valence-corrected chi connectivity index (χ1v) is 10.8. The van der Waals surface area contributed by atoms with Crippen molar-refractivity contribution in [2.24, 2.45) is 7.05 Å². The fourth-order valence-electron chi connectivity index (χ4n) is 4.13. The number of carbonyl (C=O) groups is 3. The van der Waals surface area contributed by atoms with Crippen molar-refractivity contribution < 1.29 is 32.3 Å². The maximum atomic E-state index is 13.4. The van der Waals surface area contributed by atoms with Crippen LogP contribution in [0.1, 0.15) is 33.2 Å². The zero-order chi connectivity index (χ0) is 26.0. The van der Waals surface area contributed by atoms with E-state index < -0.39 is 23.9 Å². The highest BCUT2D eigenvalue weighted by Crippen LogP contribution is 2.36. The van der Waals surface area contributed by atoms with Gasteiger partial charge in [-0.3, -0.25) is 19.6 Å². The molecule has 0 saturated heterocycles. The fourth-order valence-corrected chi connectivity index (χ4v) is 4.13. The van der Waals surface area contributed by atoms with Crippen molar-refractivity contribution in [2.75, 3.05) is 13.7 Å². The quantitative estimate of drug-likeness (QED) is 0.484. The molecule has 0 bridgehead atoms. The minimum Gasteiger partial charge on any atom is -0.497 e. The summed E-state index contributed by atoms with van der Waals surface area (Å²) >= 11 is 0. The summed E-state index contributed by atoms with van der Waals surface area (Å²) in [6, 6.07) is 9.73. The first-order chi connectivity index (χ1) is 17.1. The van der Waals surface area contributed by atoms with Crippen LogP contribution in [-0.2, 0) is 24.6 Å². The Balaban J connectivity index is 1.61. The molecule has 1 atom stereocenters. The number of imide groups is 1. The third-order valence-corrected chi connectivity index (χ3v) is 5.82. The van der Waals surface area contributed by atoms with Gasteiger partial charge in [-0.1, -0.05) is 30.3 Å². The summed E-state index contributed by atoms with van der Waals surface area (Å²) in [5.74, 6) is 0.279. The molecule has 188 valence electrons. The third-order valence-electron chi connectivity index (χ3n) is 5.82. The van der Waals surface area contributed by atoms with Gasteiger partial charge in [0.1, 0.15) is 5.75 Å². The van der Waals surface area contributed by atoms with Crippen LogP contribution in [0.2, 0.25) is 0 Å². The van der Waals surface area contributed by atoms with Crippen molar-refractivity contribution >= 4 is 18.3 Å². The number of amides is 4. The van der Waals surface area contributed by atoms with Gasteiger partial charge in [-0.05, 0) is 28.8 Å². The zero-order valence-corrected chi connectivity index (χ0v) is 19.3. The molecule has 0 aliphatic carbocycles. The number of aromatic nitrogens is 2. The Hall–Kier alpha value is -4.35. The van der Waals surface area contributed by atoms with Crippen molar-refractivity contribution in [3.63, 3.8) is 0 Å². The monoisotopic (exact) mass is 501 g/mol. The first kappa shape index (κ1) is 24.8. The molecule has 12 heteroatoms. The van der Waals surface area contributed by atoms with E-state index in [1.807, 2.05) is 5.32 Å². The molecule has 0 fully saturated rings. The average molecular weight is 501 g/mol. The Kier molecular flexibility index (Phi) is 6.69. The molecule has 0 radical (unpaired) electrons. The molecule has 1 aliphatic heterocycles. The highest BCUT2D eigenvalue weighted by Gasteiger charge is 2.37. The van der Waals surface area contributed by atoms with E-state index in [-0.39, 0.29) is 30.0 Å². The highest BCUT2D eigenvalue weighted by atomic mass is 19.4. The van der Waals surface area contributed by atoms with Crippen molar-refractivity contribution in [1.29, 1.82) is 0 Å². The lowest BCUT2D eigenvalue weighted by Gasteiger charge is -2.25. The predicted octanol–water partition coefficient (Wildman–Crippen LogP) is 3.27. The SMILES string of the molecule is COc1ccc2c(c1)C(=O)N(C[C@H](NC(=O)NC=O)c1ccc(-c3cn(C)nc3C(F)(F)F)cc1)C2. The van der Waals surface area contributed by atoms with Gasteiger partial charge in [0.15, 0.2) is 5.69 Å². The summed E-state index contributed by atoms with van der Waals surface area (Å²) in [5.41, 5.74) is 0.999. The molecule has 2 aromatic carbocycles. The van der Waals surface area contributed by atoms with E-state index in [0.717, 1.165) is 10.2 Å². The van der Waals surface area contributed by atoms with Gasteiger partial charge >= 0.3 is 12.2 Å². The zero-order valence-electron chi connectivity index (χ0n) is 19.3. The topological polar surface area (TPSA) is 106 Å². The van der Waals surface area contributed by atoms with Crippen molar-refractivity contribution in [1.82, 2.24) is 25.3 Å². The molecule has 2 heterocycles. The molecule has 0 spiro atoms. The number of nitrogens with zero attached hydrogens (tertiary/aromatic N) is 3. The number of fused-ring (bicyclic) bond motifs is 1. The van der Waals surface area contributed by atoms with E-state index in [0.29, 0.717) is 23.4 Å². The number of rotatable bonds is 7. The number of halogens is 3. The second kappa shape index (κ2) is 9.72. The molecular weight excluding hydrogens is 479 g/mol. The number of carbonyl (C=O) groups excluding carboxylic acids is 3. The summed E-state index contributed by atoms with van der Waals surface area (Å²) < 4.78 is 46.4. The number of methoxy groups -OCH3 is 1. The second-order valence-electron chi connectivity index (χ2n) is 8.18. The van der Waals surface area contributed by atoms with E-state index in [1.165, 1.54) is 37.4 Å². The van der Waals surface area contributed by atoms with Crippen LogP contribution < -0.4 is 15.4 Å². The standard InChI is InChI=1S/C24H22F3N5O4/c1-31-11-19(21(30-31)24(25,26)27)14-3-5-15(6-4-14)20(29-23(35)28-13-33)12-32-10-16-7-8-17(36-2)9-18(16)22(32)34/h3-9,11,13,20H,10,12H2,1-2H3,(H2,28,29,33,35)/t20-/m0/s1. The van der Waals surface area contributed by atoms with Crippen molar-refractivity contribution in [3.05, 3.63) is 71.0 Å². The van der Waals surface area contributed by atoms with Gasteiger partial charge in [0.25, 0.3) is 5.91 Å². The third kappa shape index (κ3) is 5.02. The molecule has 36 heavy (non-hydrogen) atoms. The van der Waals surface area contributed by atoms with Gasteiger partial charge in [-0.2, -0.15) is 18.3 Å². The molecule has 4 rings (SSSR count). The summed E-state index contributed by atoms with van der Waals surface area (Å²) in [7, 11) is 2.90.